The molecule has 21 heavy (non-hydrogen) atoms. The molecule has 0 atom stereocenters. The quantitative estimate of drug-likeness (QED) is 0.640. The molecule has 1 saturated carbocycles. The number of aliphatic hydroxyl groups is 1. The average Bonchev–Trinajstić information content (AvgIpc) is 2.45. The number of aliphatic hydroxyl groups excluding tert-OH is 1. The molecule has 6 heteroatoms. The standard InChI is InChI=1S/C15H21FN2O3/c1-9-2-4-15(8-19,5-3-9)18-13-7-11(16)10(14(20)21)6-12(13)17/h6-7,9,18-19H,2-5,8,17H2,1H3,(H,20,21). The topological polar surface area (TPSA) is 95.6 Å². The number of carboxylic acids is 1. The number of carbonyl (C=O) groups is 1. The van der Waals surface area contributed by atoms with Crippen molar-refractivity contribution in [2.24, 2.45) is 5.92 Å². The number of halogens is 1. The van der Waals surface area contributed by atoms with E-state index in [0.29, 0.717) is 11.6 Å². The molecule has 1 aliphatic carbocycles. The maximum Gasteiger partial charge on any atom is 0.338 e. The van der Waals surface area contributed by atoms with Crippen LogP contribution < -0.4 is 11.1 Å². The van der Waals surface area contributed by atoms with Gasteiger partial charge in [-0.2, -0.15) is 0 Å². The van der Waals surface area contributed by atoms with E-state index in [2.05, 4.69) is 12.2 Å². The molecule has 0 aliphatic heterocycles. The number of hydrogen-bond donors (Lipinski definition) is 4. The van der Waals surface area contributed by atoms with Gasteiger partial charge in [0.1, 0.15) is 5.82 Å². The van der Waals surface area contributed by atoms with E-state index < -0.39 is 22.9 Å². The lowest BCUT2D eigenvalue weighted by Crippen LogP contribution is -2.45. The van der Waals surface area contributed by atoms with Gasteiger partial charge in [0.15, 0.2) is 0 Å². The highest BCUT2D eigenvalue weighted by Gasteiger charge is 2.34. The van der Waals surface area contributed by atoms with Gasteiger partial charge in [0.2, 0.25) is 0 Å². The van der Waals surface area contributed by atoms with Crippen LogP contribution in [-0.4, -0.2) is 28.3 Å². The molecule has 1 aromatic carbocycles. The van der Waals surface area contributed by atoms with E-state index in [1.807, 2.05) is 0 Å². The summed E-state index contributed by atoms with van der Waals surface area (Å²) in [6.07, 6.45) is 3.49. The van der Waals surface area contributed by atoms with Gasteiger partial charge in [0.25, 0.3) is 0 Å². The maximum atomic E-state index is 13.8. The summed E-state index contributed by atoms with van der Waals surface area (Å²) >= 11 is 0. The third kappa shape index (κ3) is 3.26. The lowest BCUT2D eigenvalue weighted by molar-refractivity contribution is 0.0692. The first kappa shape index (κ1) is 15.6. The van der Waals surface area contributed by atoms with Gasteiger partial charge in [-0.05, 0) is 43.7 Å². The van der Waals surface area contributed by atoms with E-state index in [1.165, 1.54) is 0 Å². The minimum Gasteiger partial charge on any atom is -0.478 e. The van der Waals surface area contributed by atoms with Gasteiger partial charge in [-0.1, -0.05) is 6.92 Å². The van der Waals surface area contributed by atoms with Crippen molar-refractivity contribution in [3.8, 4) is 0 Å². The molecule has 116 valence electrons. The number of carboxylic acid groups (broad SMARTS) is 1. The lowest BCUT2D eigenvalue weighted by atomic mass is 9.77. The van der Waals surface area contributed by atoms with Gasteiger partial charge in [-0.25, -0.2) is 9.18 Å². The third-order valence-corrected chi connectivity index (χ3v) is 4.30. The number of aromatic carboxylic acids is 1. The number of benzene rings is 1. The first-order chi connectivity index (χ1) is 9.87. The molecule has 1 aliphatic rings. The Morgan fingerprint density at radius 2 is 2.10 bits per heavy atom. The van der Waals surface area contributed by atoms with Crippen molar-refractivity contribution in [3.63, 3.8) is 0 Å². The Morgan fingerprint density at radius 1 is 1.48 bits per heavy atom. The SMILES string of the molecule is CC1CCC(CO)(Nc2cc(F)c(C(=O)O)cc2N)CC1. The summed E-state index contributed by atoms with van der Waals surface area (Å²) in [6, 6.07) is 2.20. The largest absolute Gasteiger partial charge is 0.478 e. The van der Waals surface area contributed by atoms with Gasteiger partial charge >= 0.3 is 5.97 Å². The summed E-state index contributed by atoms with van der Waals surface area (Å²) in [5.74, 6) is -1.58. The van der Waals surface area contributed by atoms with Crippen LogP contribution in [0.2, 0.25) is 0 Å². The normalized spacial score (nSPS) is 25.6. The molecule has 0 unspecified atom stereocenters. The fraction of sp³-hybridized carbons (Fsp3) is 0.533. The van der Waals surface area contributed by atoms with E-state index >= 15 is 0 Å². The van der Waals surface area contributed by atoms with Crippen molar-refractivity contribution >= 4 is 17.3 Å². The number of rotatable bonds is 4. The van der Waals surface area contributed by atoms with Gasteiger partial charge < -0.3 is 21.3 Å². The van der Waals surface area contributed by atoms with Crippen molar-refractivity contribution in [2.45, 2.75) is 38.1 Å². The molecule has 5 nitrogen and oxygen atoms in total. The molecule has 0 heterocycles. The summed E-state index contributed by atoms with van der Waals surface area (Å²) in [5, 5.41) is 21.7. The summed E-state index contributed by atoms with van der Waals surface area (Å²) in [4.78, 5) is 10.9. The highest BCUT2D eigenvalue weighted by Crippen LogP contribution is 2.36. The van der Waals surface area contributed by atoms with Crippen LogP contribution in [0.25, 0.3) is 0 Å². The smallest absolute Gasteiger partial charge is 0.338 e. The van der Waals surface area contributed by atoms with Crippen LogP contribution in [0.1, 0.15) is 43.0 Å². The van der Waals surface area contributed by atoms with E-state index in [9.17, 15) is 14.3 Å². The van der Waals surface area contributed by atoms with Crippen LogP contribution in [0, 0.1) is 11.7 Å². The van der Waals surface area contributed by atoms with Crippen LogP contribution in [0.4, 0.5) is 15.8 Å². The van der Waals surface area contributed by atoms with Gasteiger partial charge in [0, 0.05) is 0 Å². The molecule has 5 N–H and O–H groups in total. The fourth-order valence-corrected chi connectivity index (χ4v) is 2.79. The second kappa shape index (κ2) is 5.89. The average molecular weight is 296 g/mol. The van der Waals surface area contributed by atoms with Crippen molar-refractivity contribution in [1.29, 1.82) is 0 Å². The summed E-state index contributed by atoms with van der Waals surface area (Å²) in [6.45, 7) is 2.10. The Bertz CT molecular complexity index is 540. The Kier molecular flexibility index (Phi) is 4.37. The first-order valence-corrected chi connectivity index (χ1v) is 7.08. The van der Waals surface area contributed by atoms with Crippen molar-refractivity contribution in [2.75, 3.05) is 17.7 Å². The predicted molar refractivity (Wildman–Crippen MR) is 78.8 cm³/mol. The molecule has 0 bridgehead atoms. The van der Waals surface area contributed by atoms with Gasteiger partial charge in [0.05, 0.1) is 29.1 Å². The zero-order chi connectivity index (χ0) is 15.6. The number of nitrogens with one attached hydrogen (secondary N) is 1. The number of nitrogens with two attached hydrogens (primary N) is 1. The highest BCUT2D eigenvalue weighted by atomic mass is 19.1. The first-order valence-electron chi connectivity index (χ1n) is 7.08. The van der Waals surface area contributed by atoms with Crippen LogP contribution in [0.15, 0.2) is 12.1 Å². The molecule has 0 aromatic heterocycles. The van der Waals surface area contributed by atoms with Crippen molar-refractivity contribution in [3.05, 3.63) is 23.5 Å². The summed E-state index contributed by atoms with van der Waals surface area (Å²) in [7, 11) is 0. The Balaban J connectivity index is 2.26. The van der Waals surface area contributed by atoms with E-state index in [0.717, 1.165) is 37.8 Å². The molecule has 2 rings (SSSR count). The van der Waals surface area contributed by atoms with Crippen molar-refractivity contribution in [1.82, 2.24) is 0 Å². The summed E-state index contributed by atoms with van der Waals surface area (Å²) < 4.78 is 13.8. The third-order valence-electron chi connectivity index (χ3n) is 4.30. The van der Waals surface area contributed by atoms with E-state index in [-0.39, 0.29) is 12.3 Å². The second-order valence-electron chi connectivity index (χ2n) is 5.97. The van der Waals surface area contributed by atoms with Gasteiger partial charge in [-0.3, -0.25) is 0 Å². The van der Waals surface area contributed by atoms with Crippen LogP contribution in [0.3, 0.4) is 0 Å². The minimum absolute atomic E-state index is 0.0680. The van der Waals surface area contributed by atoms with Crippen LogP contribution in [0.5, 0.6) is 0 Å². The summed E-state index contributed by atoms with van der Waals surface area (Å²) in [5.41, 5.74) is 5.35. The molecule has 0 spiro atoms. The molecular weight excluding hydrogens is 275 g/mol. The monoisotopic (exact) mass is 296 g/mol. The Hall–Kier alpha value is -1.82. The number of hydrogen-bond acceptors (Lipinski definition) is 4. The molecule has 0 saturated heterocycles. The number of nitrogen functional groups attached to an aromatic ring is 1. The zero-order valence-corrected chi connectivity index (χ0v) is 12.0. The second-order valence-corrected chi connectivity index (χ2v) is 5.97. The fourth-order valence-electron chi connectivity index (χ4n) is 2.79. The van der Waals surface area contributed by atoms with Crippen molar-refractivity contribution < 1.29 is 19.4 Å². The molecular formula is C15H21FN2O3. The van der Waals surface area contributed by atoms with E-state index in [4.69, 9.17) is 10.8 Å². The molecule has 0 amide bonds. The van der Waals surface area contributed by atoms with Crippen LogP contribution in [-0.2, 0) is 0 Å². The number of anilines is 2. The highest BCUT2D eigenvalue weighted by molar-refractivity contribution is 5.90. The Labute approximate surface area is 123 Å². The predicted octanol–water partition coefficient (Wildman–Crippen LogP) is 2.46. The maximum absolute atomic E-state index is 13.8. The van der Waals surface area contributed by atoms with Crippen LogP contribution >= 0.6 is 0 Å². The molecule has 1 fully saturated rings. The zero-order valence-electron chi connectivity index (χ0n) is 12.0. The van der Waals surface area contributed by atoms with Gasteiger partial charge in [-0.15, -0.1) is 0 Å². The molecule has 0 radical (unpaired) electrons. The van der Waals surface area contributed by atoms with E-state index in [1.54, 1.807) is 0 Å². The Morgan fingerprint density at radius 3 is 2.62 bits per heavy atom. The minimum atomic E-state index is -1.35. The molecule has 1 aromatic rings. The lowest BCUT2D eigenvalue weighted by Gasteiger charge is -2.39.